The third-order valence-electron chi connectivity index (χ3n) is 2.65. The molecule has 0 aliphatic carbocycles. The van der Waals surface area contributed by atoms with E-state index < -0.39 is 0 Å². The maximum absolute atomic E-state index is 8.81. The molecule has 0 radical (unpaired) electrons. The second-order valence-electron chi connectivity index (χ2n) is 3.76. The van der Waals surface area contributed by atoms with Crippen molar-refractivity contribution in [2.24, 2.45) is 0 Å². The predicted molar refractivity (Wildman–Crippen MR) is 52.8 cm³/mol. The van der Waals surface area contributed by atoms with E-state index in [0.29, 0.717) is 12.2 Å². The van der Waals surface area contributed by atoms with Crippen LogP contribution in [0.2, 0.25) is 0 Å². The smallest absolute Gasteiger partial charge is 0.0706 e. The number of ether oxygens (including phenoxy) is 1. The lowest BCUT2D eigenvalue weighted by Gasteiger charge is -2.22. The number of rotatable bonds is 5. The molecule has 3 nitrogen and oxygen atoms in total. The summed E-state index contributed by atoms with van der Waals surface area (Å²) < 4.78 is 5.72. The Balaban J connectivity index is 2.21. The molecule has 1 N–H and O–H groups in total. The molecule has 1 saturated heterocycles. The van der Waals surface area contributed by atoms with Crippen molar-refractivity contribution in [2.75, 3.05) is 26.2 Å². The molecule has 1 heterocycles. The van der Waals surface area contributed by atoms with Crippen LogP contribution in [0.3, 0.4) is 0 Å². The molecule has 0 amide bonds. The van der Waals surface area contributed by atoms with Crippen LogP contribution in [0.15, 0.2) is 0 Å². The number of nitrogens with zero attached hydrogens (tertiary/aromatic N) is 1. The van der Waals surface area contributed by atoms with Crippen molar-refractivity contribution in [1.29, 1.82) is 0 Å². The van der Waals surface area contributed by atoms with E-state index in [1.165, 1.54) is 12.8 Å². The van der Waals surface area contributed by atoms with E-state index in [-0.39, 0.29) is 6.61 Å². The summed E-state index contributed by atoms with van der Waals surface area (Å²) in [6.07, 6.45) is 3.17. The van der Waals surface area contributed by atoms with E-state index in [0.717, 1.165) is 19.6 Å². The van der Waals surface area contributed by atoms with Crippen molar-refractivity contribution < 1.29 is 9.84 Å². The molecule has 0 spiro atoms. The Morgan fingerprint density at radius 2 is 2.23 bits per heavy atom. The first kappa shape index (κ1) is 11.0. The monoisotopic (exact) mass is 187 g/mol. The van der Waals surface area contributed by atoms with Gasteiger partial charge in [-0.25, -0.2) is 0 Å². The Bertz CT molecular complexity index is 139. The molecule has 0 saturated carbocycles. The van der Waals surface area contributed by atoms with Crippen LogP contribution in [0.1, 0.15) is 26.7 Å². The zero-order chi connectivity index (χ0) is 9.68. The Labute approximate surface area is 80.7 Å². The van der Waals surface area contributed by atoms with Crippen LogP contribution in [-0.2, 0) is 4.74 Å². The van der Waals surface area contributed by atoms with Crippen LogP contribution >= 0.6 is 0 Å². The van der Waals surface area contributed by atoms with Gasteiger partial charge in [0.15, 0.2) is 0 Å². The Kier molecular flexibility index (Phi) is 4.70. The molecule has 0 aromatic rings. The Hall–Kier alpha value is -0.120. The molecule has 1 rings (SSSR count). The van der Waals surface area contributed by atoms with E-state index in [4.69, 9.17) is 9.84 Å². The summed E-state index contributed by atoms with van der Waals surface area (Å²) in [5.74, 6) is 0. The van der Waals surface area contributed by atoms with E-state index in [2.05, 4.69) is 18.7 Å². The summed E-state index contributed by atoms with van der Waals surface area (Å²) >= 11 is 0. The van der Waals surface area contributed by atoms with Crippen LogP contribution in [0.4, 0.5) is 0 Å². The summed E-state index contributed by atoms with van der Waals surface area (Å²) in [6.45, 7) is 7.23. The second kappa shape index (κ2) is 5.58. The molecule has 13 heavy (non-hydrogen) atoms. The topological polar surface area (TPSA) is 32.7 Å². The van der Waals surface area contributed by atoms with Crippen molar-refractivity contribution in [3.63, 3.8) is 0 Å². The molecule has 1 fully saturated rings. The van der Waals surface area contributed by atoms with Crippen LogP contribution in [0.5, 0.6) is 0 Å². The lowest BCUT2D eigenvalue weighted by Crippen LogP contribution is -2.34. The van der Waals surface area contributed by atoms with Crippen molar-refractivity contribution in [3.8, 4) is 0 Å². The number of likely N-dealkylation sites (N-methyl/N-ethyl adjacent to an activating group) is 1. The minimum Gasteiger partial charge on any atom is -0.395 e. The maximum Gasteiger partial charge on any atom is 0.0706 e. The fourth-order valence-corrected chi connectivity index (χ4v) is 1.83. The van der Waals surface area contributed by atoms with E-state index >= 15 is 0 Å². The highest BCUT2D eigenvalue weighted by Crippen LogP contribution is 2.19. The molecule has 2 atom stereocenters. The molecular weight excluding hydrogens is 166 g/mol. The van der Waals surface area contributed by atoms with Gasteiger partial charge in [0, 0.05) is 13.1 Å². The van der Waals surface area contributed by atoms with Gasteiger partial charge in [-0.05, 0) is 26.3 Å². The molecule has 1 aliphatic rings. The summed E-state index contributed by atoms with van der Waals surface area (Å²) in [5.41, 5.74) is 0. The standard InChI is InChI=1S/C10H21NO2/c1-3-11(6-7-12)8-10-5-4-9(2)13-10/h9-10,12H,3-8H2,1-2H3. The Morgan fingerprint density at radius 1 is 1.46 bits per heavy atom. The number of aliphatic hydroxyl groups is 1. The predicted octanol–water partition coefficient (Wildman–Crippen LogP) is 0.868. The van der Waals surface area contributed by atoms with Crippen molar-refractivity contribution >= 4 is 0 Å². The van der Waals surface area contributed by atoms with E-state index in [1.54, 1.807) is 0 Å². The SMILES string of the molecule is CCN(CCO)CC1CCC(C)O1. The molecular formula is C10H21NO2. The van der Waals surface area contributed by atoms with Gasteiger partial charge in [-0.2, -0.15) is 0 Å². The lowest BCUT2D eigenvalue weighted by atomic mass is 10.2. The van der Waals surface area contributed by atoms with Crippen LogP contribution in [-0.4, -0.2) is 48.5 Å². The molecule has 1 aliphatic heterocycles. The number of hydrogen-bond acceptors (Lipinski definition) is 3. The second-order valence-corrected chi connectivity index (χ2v) is 3.76. The third kappa shape index (κ3) is 3.63. The first-order chi connectivity index (χ1) is 6.26. The normalized spacial score (nSPS) is 28.6. The van der Waals surface area contributed by atoms with Gasteiger partial charge in [0.1, 0.15) is 0 Å². The molecule has 0 aromatic heterocycles. The fourth-order valence-electron chi connectivity index (χ4n) is 1.83. The summed E-state index contributed by atoms with van der Waals surface area (Å²) in [4.78, 5) is 2.24. The minimum absolute atomic E-state index is 0.246. The first-order valence-electron chi connectivity index (χ1n) is 5.25. The third-order valence-corrected chi connectivity index (χ3v) is 2.65. The van der Waals surface area contributed by atoms with Gasteiger partial charge in [0.05, 0.1) is 18.8 Å². The highest BCUT2D eigenvalue weighted by atomic mass is 16.5. The molecule has 2 unspecified atom stereocenters. The average Bonchev–Trinajstić information content (AvgIpc) is 2.50. The first-order valence-corrected chi connectivity index (χ1v) is 5.25. The molecule has 0 bridgehead atoms. The quantitative estimate of drug-likeness (QED) is 0.693. The highest BCUT2D eigenvalue weighted by Gasteiger charge is 2.23. The number of hydrogen-bond donors (Lipinski definition) is 1. The molecule has 78 valence electrons. The van der Waals surface area contributed by atoms with Gasteiger partial charge in [-0.3, -0.25) is 4.90 Å². The summed E-state index contributed by atoms with van der Waals surface area (Å²) in [5, 5.41) is 8.81. The van der Waals surface area contributed by atoms with Crippen molar-refractivity contribution in [1.82, 2.24) is 4.90 Å². The van der Waals surface area contributed by atoms with Gasteiger partial charge >= 0.3 is 0 Å². The van der Waals surface area contributed by atoms with E-state index in [1.807, 2.05) is 0 Å². The largest absolute Gasteiger partial charge is 0.395 e. The average molecular weight is 187 g/mol. The molecule has 0 aromatic carbocycles. The highest BCUT2D eigenvalue weighted by molar-refractivity contribution is 4.73. The summed E-state index contributed by atoms with van der Waals surface area (Å²) in [6, 6.07) is 0. The van der Waals surface area contributed by atoms with E-state index in [9.17, 15) is 0 Å². The van der Waals surface area contributed by atoms with Gasteiger partial charge < -0.3 is 9.84 Å². The zero-order valence-electron chi connectivity index (χ0n) is 8.70. The van der Waals surface area contributed by atoms with Gasteiger partial charge in [0.25, 0.3) is 0 Å². The maximum atomic E-state index is 8.81. The Morgan fingerprint density at radius 3 is 2.69 bits per heavy atom. The minimum atomic E-state index is 0.246. The molecule has 3 heteroatoms. The number of aliphatic hydroxyl groups excluding tert-OH is 1. The summed E-state index contributed by atoms with van der Waals surface area (Å²) in [7, 11) is 0. The van der Waals surface area contributed by atoms with Crippen molar-refractivity contribution in [3.05, 3.63) is 0 Å². The van der Waals surface area contributed by atoms with Crippen molar-refractivity contribution in [2.45, 2.75) is 38.9 Å². The van der Waals surface area contributed by atoms with Gasteiger partial charge in [-0.1, -0.05) is 6.92 Å². The van der Waals surface area contributed by atoms with Gasteiger partial charge in [0.2, 0.25) is 0 Å². The zero-order valence-corrected chi connectivity index (χ0v) is 8.70. The lowest BCUT2D eigenvalue weighted by molar-refractivity contribution is 0.0293. The van der Waals surface area contributed by atoms with Crippen LogP contribution in [0, 0.1) is 0 Å². The fraction of sp³-hybridized carbons (Fsp3) is 1.00. The van der Waals surface area contributed by atoms with Crippen LogP contribution in [0.25, 0.3) is 0 Å². The van der Waals surface area contributed by atoms with Gasteiger partial charge in [-0.15, -0.1) is 0 Å². The van der Waals surface area contributed by atoms with Crippen LogP contribution < -0.4 is 0 Å².